The van der Waals surface area contributed by atoms with Gasteiger partial charge < -0.3 is 9.72 Å². The van der Waals surface area contributed by atoms with Crippen LogP contribution in [0.2, 0.25) is 5.02 Å². The molecule has 4 aromatic rings. The third-order valence-corrected chi connectivity index (χ3v) is 5.97. The second kappa shape index (κ2) is 8.20. The summed E-state index contributed by atoms with van der Waals surface area (Å²) in [5, 5.41) is 3.78. The number of aromatic nitrogens is 2. The van der Waals surface area contributed by atoms with E-state index < -0.39 is 0 Å². The van der Waals surface area contributed by atoms with Crippen LogP contribution in [0.25, 0.3) is 28.0 Å². The lowest BCUT2D eigenvalue weighted by Gasteiger charge is -2.09. The van der Waals surface area contributed by atoms with Crippen LogP contribution in [0.5, 0.6) is 0 Å². The monoisotopic (exact) mass is 429 g/mol. The normalized spacial score (nSPS) is 13.5. The van der Waals surface area contributed by atoms with Crippen molar-refractivity contribution in [3.05, 3.63) is 83.1 Å². The molecule has 1 aliphatic carbocycles. The molecule has 0 unspecified atom stereocenters. The number of aryl methyl sites for hydroxylation is 2. The summed E-state index contributed by atoms with van der Waals surface area (Å²) in [5.41, 5.74) is 7.33. The number of hydrogen-bond donors (Lipinski definition) is 1. The maximum Gasteiger partial charge on any atom is 0.220 e. The lowest BCUT2D eigenvalue weighted by Crippen LogP contribution is -2.25. The van der Waals surface area contributed by atoms with Gasteiger partial charge in [0, 0.05) is 29.2 Å². The Morgan fingerprint density at radius 3 is 2.58 bits per heavy atom. The van der Waals surface area contributed by atoms with Crippen molar-refractivity contribution in [3.63, 3.8) is 0 Å². The van der Waals surface area contributed by atoms with Gasteiger partial charge in [-0.1, -0.05) is 53.6 Å². The van der Waals surface area contributed by atoms with Gasteiger partial charge in [0.15, 0.2) is 0 Å². The van der Waals surface area contributed by atoms with Crippen LogP contribution in [0.1, 0.15) is 30.5 Å². The Morgan fingerprint density at radius 2 is 1.84 bits per heavy atom. The van der Waals surface area contributed by atoms with E-state index in [9.17, 15) is 4.79 Å². The van der Waals surface area contributed by atoms with E-state index in [1.54, 1.807) is 0 Å². The van der Waals surface area contributed by atoms with Crippen LogP contribution >= 0.6 is 11.6 Å². The summed E-state index contributed by atoms with van der Waals surface area (Å²) in [4.78, 5) is 17.3. The first-order valence-corrected chi connectivity index (χ1v) is 11.1. The summed E-state index contributed by atoms with van der Waals surface area (Å²) < 4.78 is 2.13. The molecule has 0 bridgehead atoms. The Morgan fingerprint density at radius 1 is 1.06 bits per heavy atom. The molecule has 1 amide bonds. The summed E-state index contributed by atoms with van der Waals surface area (Å²) in [6.07, 6.45) is 5.38. The molecule has 2 heterocycles. The van der Waals surface area contributed by atoms with Gasteiger partial charge in [0.25, 0.3) is 0 Å². The van der Waals surface area contributed by atoms with Crippen LogP contribution in [-0.4, -0.2) is 21.3 Å². The Bertz CT molecular complexity index is 1260. The van der Waals surface area contributed by atoms with Gasteiger partial charge in [0.05, 0.1) is 11.4 Å². The Balaban J connectivity index is 1.57. The molecule has 4 nitrogen and oxygen atoms in total. The molecule has 31 heavy (non-hydrogen) atoms. The minimum atomic E-state index is 0.106. The van der Waals surface area contributed by atoms with Crippen molar-refractivity contribution in [2.45, 2.75) is 38.6 Å². The average Bonchev–Trinajstić information content (AvgIpc) is 3.50. The van der Waals surface area contributed by atoms with E-state index in [4.69, 9.17) is 16.6 Å². The molecule has 2 aromatic heterocycles. The molecule has 2 aromatic carbocycles. The van der Waals surface area contributed by atoms with Gasteiger partial charge in [-0.05, 0) is 61.6 Å². The van der Waals surface area contributed by atoms with E-state index in [2.05, 4.69) is 53.2 Å². The van der Waals surface area contributed by atoms with Crippen molar-refractivity contribution in [2.24, 2.45) is 0 Å². The Labute approximate surface area is 186 Å². The predicted molar refractivity (Wildman–Crippen MR) is 125 cm³/mol. The molecular formula is C26H24ClN3O. The maximum absolute atomic E-state index is 12.4. The van der Waals surface area contributed by atoms with Gasteiger partial charge in [-0.2, -0.15) is 0 Å². The highest BCUT2D eigenvalue weighted by Crippen LogP contribution is 2.29. The zero-order chi connectivity index (χ0) is 21.4. The summed E-state index contributed by atoms with van der Waals surface area (Å²) in [6, 6.07) is 20.7. The fourth-order valence-electron chi connectivity index (χ4n) is 3.93. The van der Waals surface area contributed by atoms with E-state index in [1.807, 2.05) is 30.3 Å². The summed E-state index contributed by atoms with van der Waals surface area (Å²) in [6.45, 7) is 2.10. The molecule has 156 valence electrons. The standard InChI is InChI=1S/C26H24ClN3O/c1-17-3-2-4-19(15-17)20-7-13-24-29-26(18-5-8-21(27)9-6-18)23(30(24)16-20)12-14-25(31)28-22-10-11-22/h2-9,13,15-16,22H,10-12,14H2,1H3,(H,28,31). The maximum atomic E-state index is 12.4. The number of halogens is 1. The highest BCUT2D eigenvalue weighted by Gasteiger charge is 2.23. The molecule has 5 rings (SSSR count). The SMILES string of the molecule is Cc1cccc(-c2ccc3nc(-c4ccc(Cl)cc4)c(CCC(=O)NC4CC4)n3c2)c1. The number of carbonyl (C=O) groups is 1. The number of fused-ring (bicyclic) bond motifs is 1. The van der Waals surface area contributed by atoms with Crippen LogP contribution < -0.4 is 5.32 Å². The molecule has 0 radical (unpaired) electrons. The molecule has 0 atom stereocenters. The van der Waals surface area contributed by atoms with Crippen LogP contribution in [0.15, 0.2) is 66.9 Å². The first-order valence-electron chi connectivity index (χ1n) is 10.7. The van der Waals surface area contributed by atoms with Crippen molar-refractivity contribution >= 4 is 23.2 Å². The molecule has 1 N–H and O–H groups in total. The molecule has 5 heteroatoms. The minimum absolute atomic E-state index is 0.106. The summed E-state index contributed by atoms with van der Waals surface area (Å²) in [7, 11) is 0. The molecule has 0 spiro atoms. The highest BCUT2D eigenvalue weighted by atomic mass is 35.5. The van der Waals surface area contributed by atoms with Crippen LogP contribution in [-0.2, 0) is 11.2 Å². The molecule has 0 aliphatic heterocycles. The Kier molecular flexibility index (Phi) is 5.24. The van der Waals surface area contributed by atoms with Gasteiger partial charge >= 0.3 is 0 Å². The number of amides is 1. The molecule has 1 fully saturated rings. The second-order valence-corrected chi connectivity index (χ2v) is 8.71. The fraction of sp³-hybridized carbons (Fsp3) is 0.231. The minimum Gasteiger partial charge on any atom is -0.353 e. The number of benzene rings is 2. The number of nitrogens with one attached hydrogen (secondary N) is 1. The van der Waals surface area contributed by atoms with Gasteiger partial charge in [-0.25, -0.2) is 4.98 Å². The quantitative estimate of drug-likeness (QED) is 0.418. The average molecular weight is 430 g/mol. The highest BCUT2D eigenvalue weighted by molar-refractivity contribution is 6.30. The number of pyridine rings is 1. The van der Waals surface area contributed by atoms with E-state index in [0.717, 1.165) is 41.0 Å². The van der Waals surface area contributed by atoms with Gasteiger partial charge in [0.1, 0.15) is 5.65 Å². The second-order valence-electron chi connectivity index (χ2n) is 8.27. The number of imidazole rings is 1. The topological polar surface area (TPSA) is 46.4 Å². The lowest BCUT2D eigenvalue weighted by molar-refractivity contribution is -0.121. The zero-order valence-electron chi connectivity index (χ0n) is 17.4. The van der Waals surface area contributed by atoms with E-state index in [0.29, 0.717) is 23.9 Å². The Hall–Kier alpha value is -3.11. The number of hydrogen-bond acceptors (Lipinski definition) is 2. The van der Waals surface area contributed by atoms with Crippen molar-refractivity contribution in [1.29, 1.82) is 0 Å². The summed E-state index contributed by atoms with van der Waals surface area (Å²) in [5.74, 6) is 0.106. The van der Waals surface area contributed by atoms with Crippen molar-refractivity contribution in [3.8, 4) is 22.4 Å². The number of rotatable bonds is 6. The van der Waals surface area contributed by atoms with Crippen molar-refractivity contribution in [2.75, 3.05) is 0 Å². The predicted octanol–water partition coefficient (Wildman–Crippen LogP) is 5.84. The van der Waals surface area contributed by atoms with Crippen LogP contribution in [0, 0.1) is 6.92 Å². The summed E-state index contributed by atoms with van der Waals surface area (Å²) >= 11 is 6.10. The molecule has 1 aliphatic rings. The van der Waals surface area contributed by atoms with Crippen LogP contribution in [0.3, 0.4) is 0 Å². The van der Waals surface area contributed by atoms with Gasteiger partial charge in [0.2, 0.25) is 5.91 Å². The van der Waals surface area contributed by atoms with Gasteiger partial charge in [-0.15, -0.1) is 0 Å². The molecule has 1 saturated carbocycles. The smallest absolute Gasteiger partial charge is 0.220 e. The molecular weight excluding hydrogens is 406 g/mol. The lowest BCUT2D eigenvalue weighted by atomic mass is 10.0. The zero-order valence-corrected chi connectivity index (χ0v) is 18.2. The van der Waals surface area contributed by atoms with Crippen LogP contribution in [0.4, 0.5) is 0 Å². The number of nitrogens with zero attached hydrogens (tertiary/aromatic N) is 2. The van der Waals surface area contributed by atoms with E-state index >= 15 is 0 Å². The van der Waals surface area contributed by atoms with Crippen molar-refractivity contribution in [1.82, 2.24) is 14.7 Å². The van der Waals surface area contributed by atoms with E-state index in [1.165, 1.54) is 11.1 Å². The molecule has 0 saturated heterocycles. The van der Waals surface area contributed by atoms with Crippen molar-refractivity contribution < 1.29 is 4.79 Å². The first-order chi connectivity index (χ1) is 15.1. The number of carbonyl (C=O) groups excluding carboxylic acids is 1. The third kappa shape index (κ3) is 4.35. The first kappa shape index (κ1) is 19.8. The van der Waals surface area contributed by atoms with Gasteiger partial charge in [-0.3, -0.25) is 4.79 Å². The third-order valence-electron chi connectivity index (χ3n) is 5.72. The fourth-order valence-corrected chi connectivity index (χ4v) is 4.05. The largest absolute Gasteiger partial charge is 0.353 e. The van der Waals surface area contributed by atoms with E-state index in [-0.39, 0.29) is 5.91 Å².